The summed E-state index contributed by atoms with van der Waals surface area (Å²) < 4.78 is 1.37. The minimum Gasteiger partial charge on any atom is -0.507 e. The molecule has 0 aromatic carbocycles. The van der Waals surface area contributed by atoms with Gasteiger partial charge in [-0.2, -0.15) is 0 Å². The summed E-state index contributed by atoms with van der Waals surface area (Å²) in [6, 6.07) is 1.17. The predicted octanol–water partition coefficient (Wildman–Crippen LogP) is 0.562. The number of carbonyl (C=O) groups excluding carboxylic acids is 1. The number of pyridine rings is 1. The zero-order chi connectivity index (χ0) is 12.5. The van der Waals surface area contributed by atoms with Crippen molar-refractivity contribution in [1.29, 1.82) is 0 Å². The molecule has 0 aliphatic carbocycles. The fourth-order valence-electron chi connectivity index (χ4n) is 1.64. The van der Waals surface area contributed by atoms with Gasteiger partial charge < -0.3 is 9.67 Å². The Kier molecular flexibility index (Phi) is 3.34. The molecule has 88 valence electrons. The van der Waals surface area contributed by atoms with Crippen molar-refractivity contribution < 1.29 is 15.1 Å². The second-order valence-corrected chi connectivity index (χ2v) is 3.76. The first-order chi connectivity index (χ1) is 7.40. The van der Waals surface area contributed by atoms with Gasteiger partial charge in [0.25, 0.3) is 11.5 Å². The molecule has 6 nitrogen and oxygen atoms in total. The van der Waals surface area contributed by atoms with Crippen LogP contribution in [0.25, 0.3) is 0 Å². The number of nitrogens with one attached hydrogen (secondary N) is 1. The summed E-state index contributed by atoms with van der Waals surface area (Å²) in [5, 5.41) is 18.0. The molecule has 6 heteroatoms. The number of nitrogens with zero attached hydrogens (tertiary/aromatic N) is 1. The standard InChI is InChI=1S/C10H14N2O4/c1-5(2)12-6(3)4-7(13)8(10(12)15)9(14)11-16/h4-5,13,16H,1-3H3,(H,11,14). The molecule has 0 aliphatic heterocycles. The van der Waals surface area contributed by atoms with E-state index in [-0.39, 0.29) is 6.04 Å². The SMILES string of the molecule is Cc1cc(O)c(C(=O)NO)c(=O)n1C(C)C. The zero-order valence-corrected chi connectivity index (χ0v) is 9.31. The molecule has 0 bridgehead atoms. The molecule has 1 rings (SSSR count). The van der Waals surface area contributed by atoms with E-state index < -0.39 is 22.8 Å². The topological polar surface area (TPSA) is 91.6 Å². The Morgan fingerprint density at radius 3 is 2.50 bits per heavy atom. The molecule has 1 aromatic heterocycles. The third kappa shape index (κ3) is 1.92. The molecular formula is C10H14N2O4. The Bertz CT molecular complexity index is 476. The molecular weight excluding hydrogens is 212 g/mol. The van der Waals surface area contributed by atoms with Crippen molar-refractivity contribution >= 4 is 5.91 Å². The molecule has 1 aromatic rings. The van der Waals surface area contributed by atoms with Crippen LogP contribution in [0.15, 0.2) is 10.9 Å². The van der Waals surface area contributed by atoms with Gasteiger partial charge in [-0.25, -0.2) is 5.48 Å². The van der Waals surface area contributed by atoms with Crippen LogP contribution in [0.2, 0.25) is 0 Å². The van der Waals surface area contributed by atoms with Crippen LogP contribution in [0.3, 0.4) is 0 Å². The lowest BCUT2D eigenvalue weighted by molar-refractivity contribution is 0.0700. The smallest absolute Gasteiger partial charge is 0.284 e. The van der Waals surface area contributed by atoms with E-state index >= 15 is 0 Å². The Balaban J connectivity index is 3.58. The number of aromatic hydroxyl groups is 1. The lowest BCUT2D eigenvalue weighted by Crippen LogP contribution is -2.33. The minimum atomic E-state index is -1.02. The van der Waals surface area contributed by atoms with Crippen LogP contribution >= 0.6 is 0 Å². The first-order valence-electron chi connectivity index (χ1n) is 4.79. The molecule has 16 heavy (non-hydrogen) atoms. The third-order valence-electron chi connectivity index (χ3n) is 2.26. The van der Waals surface area contributed by atoms with E-state index in [0.717, 1.165) is 0 Å². The molecule has 0 saturated heterocycles. The van der Waals surface area contributed by atoms with E-state index in [0.29, 0.717) is 5.69 Å². The highest BCUT2D eigenvalue weighted by Crippen LogP contribution is 2.16. The van der Waals surface area contributed by atoms with Crippen molar-refractivity contribution in [2.45, 2.75) is 26.8 Å². The molecule has 0 aliphatic rings. The van der Waals surface area contributed by atoms with Gasteiger partial charge in [-0.1, -0.05) is 0 Å². The van der Waals surface area contributed by atoms with Crippen molar-refractivity contribution in [2.24, 2.45) is 0 Å². The normalized spacial score (nSPS) is 10.6. The number of amides is 1. The van der Waals surface area contributed by atoms with Gasteiger partial charge in [-0.05, 0) is 20.8 Å². The second-order valence-electron chi connectivity index (χ2n) is 3.76. The van der Waals surface area contributed by atoms with Crippen LogP contribution < -0.4 is 11.0 Å². The Hall–Kier alpha value is -1.82. The second kappa shape index (κ2) is 4.36. The fraction of sp³-hybridized carbons (Fsp3) is 0.400. The number of aryl methyl sites for hydroxylation is 1. The zero-order valence-electron chi connectivity index (χ0n) is 9.31. The van der Waals surface area contributed by atoms with Crippen LogP contribution in [0.4, 0.5) is 0 Å². The summed E-state index contributed by atoms with van der Waals surface area (Å²) in [6.45, 7) is 5.22. The Morgan fingerprint density at radius 1 is 1.50 bits per heavy atom. The van der Waals surface area contributed by atoms with Crippen molar-refractivity contribution in [2.75, 3.05) is 0 Å². The van der Waals surface area contributed by atoms with E-state index in [4.69, 9.17) is 5.21 Å². The highest BCUT2D eigenvalue weighted by Gasteiger charge is 2.19. The number of hydrogen-bond acceptors (Lipinski definition) is 4. The monoisotopic (exact) mass is 226 g/mol. The maximum absolute atomic E-state index is 11.9. The van der Waals surface area contributed by atoms with Gasteiger partial charge in [0.05, 0.1) is 0 Å². The first kappa shape index (κ1) is 12.3. The predicted molar refractivity (Wildman–Crippen MR) is 56.7 cm³/mol. The van der Waals surface area contributed by atoms with Gasteiger partial charge in [0.2, 0.25) is 0 Å². The molecule has 0 fully saturated rings. The van der Waals surface area contributed by atoms with E-state index in [9.17, 15) is 14.7 Å². The number of aromatic nitrogens is 1. The van der Waals surface area contributed by atoms with E-state index in [1.807, 2.05) is 0 Å². The van der Waals surface area contributed by atoms with Gasteiger partial charge >= 0.3 is 0 Å². The average molecular weight is 226 g/mol. The average Bonchev–Trinajstić information content (AvgIpc) is 2.15. The van der Waals surface area contributed by atoms with Gasteiger partial charge in [0.15, 0.2) is 0 Å². The molecule has 0 atom stereocenters. The van der Waals surface area contributed by atoms with Gasteiger partial charge in [-0.15, -0.1) is 0 Å². The van der Waals surface area contributed by atoms with Crippen LogP contribution in [-0.2, 0) is 0 Å². The number of hydroxylamine groups is 1. The van der Waals surface area contributed by atoms with E-state index in [2.05, 4.69) is 0 Å². The van der Waals surface area contributed by atoms with Crippen LogP contribution in [0.1, 0.15) is 35.9 Å². The largest absolute Gasteiger partial charge is 0.507 e. The summed E-state index contributed by atoms with van der Waals surface area (Å²) in [5.41, 5.74) is 0.802. The van der Waals surface area contributed by atoms with E-state index in [1.54, 1.807) is 20.8 Å². The van der Waals surface area contributed by atoms with Crippen molar-refractivity contribution in [1.82, 2.24) is 10.0 Å². The van der Waals surface area contributed by atoms with Crippen LogP contribution in [0.5, 0.6) is 5.75 Å². The van der Waals surface area contributed by atoms with Crippen molar-refractivity contribution in [3.63, 3.8) is 0 Å². The summed E-state index contributed by atoms with van der Waals surface area (Å²) in [4.78, 5) is 23.1. The molecule has 0 saturated carbocycles. The van der Waals surface area contributed by atoms with Crippen molar-refractivity contribution in [3.8, 4) is 5.75 Å². The first-order valence-corrected chi connectivity index (χ1v) is 4.79. The lowest BCUT2D eigenvalue weighted by atomic mass is 10.2. The fourth-order valence-corrected chi connectivity index (χ4v) is 1.64. The minimum absolute atomic E-state index is 0.140. The third-order valence-corrected chi connectivity index (χ3v) is 2.26. The summed E-state index contributed by atoms with van der Waals surface area (Å²) >= 11 is 0. The van der Waals surface area contributed by atoms with E-state index in [1.165, 1.54) is 16.1 Å². The molecule has 0 unspecified atom stereocenters. The number of carbonyl (C=O) groups is 1. The number of hydrogen-bond donors (Lipinski definition) is 3. The number of rotatable bonds is 2. The molecule has 3 N–H and O–H groups in total. The van der Waals surface area contributed by atoms with Gasteiger partial charge in [0.1, 0.15) is 11.3 Å². The Labute approximate surface area is 92.1 Å². The molecule has 1 heterocycles. The highest BCUT2D eigenvalue weighted by atomic mass is 16.5. The maximum atomic E-state index is 11.9. The van der Waals surface area contributed by atoms with Gasteiger partial charge in [-0.3, -0.25) is 14.8 Å². The highest BCUT2D eigenvalue weighted by molar-refractivity contribution is 5.95. The van der Waals surface area contributed by atoms with Gasteiger partial charge in [0, 0.05) is 17.8 Å². The summed E-state index contributed by atoms with van der Waals surface area (Å²) in [7, 11) is 0. The maximum Gasteiger partial charge on any atom is 0.284 e. The summed E-state index contributed by atoms with van der Waals surface area (Å²) in [5.74, 6) is -1.46. The lowest BCUT2D eigenvalue weighted by Gasteiger charge is -2.15. The van der Waals surface area contributed by atoms with Crippen molar-refractivity contribution in [3.05, 3.63) is 27.7 Å². The van der Waals surface area contributed by atoms with Crippen LogP contribution in [-0.4, -0.2) is 20.8 Å². The van der Waals surface area contributed by atoms with Crippen LogP contribution in [0, 0.1) is 6.92 Å². The molecule has 0 spiro atoms. The quantitative estimate of drug-likeness (QED) is 0.507. The molecule has 1 amide bonds. The summed E-state index contributed by atoms with van der Waals surface area (Å²) in [6.07, 6.45) is 0. The molecule has 0 radical (unpaired) electrons. The Morgan fingerprint density at radius 2 is 2.06 bits per heavy atom.